The van der Waals surface area contributed by atoms with Gasteiger partial charge >= 0.3 is 0 Å². The maximum Gasteiger partial charge on any atom is 0.157 e. The molecule has 3 heteroatoms. The molecule has 0 saturated carbocycles. The number of ether oxygens (including phenoxy) is 2. The minimum Gasteiger partial charge on any atom is -0.353 e. The molecule has 37 heavy (non-hydrogen) atoms. The number of rotatable bonds is 32. The van der Waals surface area contributed by atoms with E-state index in [1.165, 1.54) is 154 Å². The van der Waals surface area contributed by atoms with E-state index in [0.29, 0.717) is 0 Å². The van der Waals surface area contributed by atoms with Gasteiger partial charge in [-0.15, -0.1) is 0 Å². The molecule has 0 saturated heterocycles. The Hall–Kier alpha value is 0.140. The normalized spacial score (nSPS) is 11.9. The van der Waals surface area contributed by atoms with Gasteiger partial charge in [-0.25, -0.2) is 0 Å². The van der Waals surface area contributed by atoms with Crippen molar-refractivity contribution in [2.24, 2.45) is 0 Å². The van der Waals surface area contributed by atoms with E-state index in [0.717, 1.165) is 31.4 Å². The van der Waals surface area contributed by atoms with Crippen molar-refractivity contribution in [1.29, 1.82) is 0 Å². The minimum atomic E-state index is 0.0282. The largest absolute Gasteiger partial charge is 0.353 e. The number of allylic oxidation sites excluding steroid dienone is 2. The molecule has 0 aliphatic rings. The fourth-order valence-electron chi connectivity index (χ4n) is 4.87. The second-order valence-electron chi connectivity index (χ2n) is 11.1. The van der Waals surface area contributed by atoms with Crippen LogP contribution in [0, 0.1) is 0 Å². The lowest BCUT2D eigenvalue weighted by molar-refractivity contribution is -0.148. The second kappa shape index (κ2) is 34.2. The molecule has 0 radical (unpaired) electrons. The highest BCUT2D eigenvalue weighted by Gasteiger charge is 2.09. The van der Waals surface area contributed by atoms with Crippen LogP contribution in [0.5, 0.6) is 0 Å². The maximum absolute atomic E-state index is 6.23. The van der Waals surface area contributed by atoms with Crippen molar-refractivity contribution < 1.29 is 9.47 Å². The average Bonchev–Trinajstić information content (AvgIpc) is 2.91. The zero-order valence-electron chi connectivity index (χ0n) is 25.4. The van der Waals surface area contributed by atoms with E-state index in [4.69, 9.17) is 9.47 Å². The first-order valence-corrected chi connectivity index (χ1v) is 17.9. The predicted octanol–water partition coefficient (Wildman–Crippen LogP) is 12.5. The number of unbranched alkanes of at least 4 members (excludes halogenated alkanes) is 21. The number of hydrogen-bond acceptors (Lipinski definition) is 2. The number of alkyl halides is 1. The summed E-state index contributed by atoms with van der Waals surface area (Å²) in [5.41, 5.74) is 0. The molecule has 0 bridgehead atoms. The maximum atomic E-state index is 6.23. The summed E-state index contributed by atoms with van der Waals surface area (Å²) in [5.74, 6) is 0. The van der Waals surface area contributed by atoms with Crippen molar-refractivity contribution >= 4 is 15.9 Å². The molecular formula is C34H67BrO2. The first-order valence-electron chi connectivity index (χ1n) is 16.8. The van der Waals surface area contributed by atoms with Crippen molar-refractivity contribution in [3.8, 4) is 0 Å². The molecule has 0 aromatic heterocycles. The highest BCUT2D eigenvalue weighted by Crippen LogP contribution is 2.15. The smallest absolute Gasteiger partial charge is 0.157 e. The van der Waals surface area contributed by atoms with Crippen molar-refractivity contribution in [2.45, 2.75) is 187 Å². The van der Waals surface area contributed by atoms with Gasteiger partial charge in [-0.3, -0.25) is 0 Å². The summed E-state index contributed by atoms with van der Waals surface area (Å²) in [6.45, 7) is 6.33. The Kier molecular flexibility index (Phi) is 34.3. The summed E-state index contributed by atoms with van der Waals surface area (Å²) in [7, 11) is 0. The Bertz CT molecular complexity index is 404. The molecule has 0 amide bonds. The monoisotopic (exact) mass is 586 g/mol. The van der Waals surface area contributed by atoms with Crippen molar-refractivity contribution in [1.82, 2.24) is 0 Å². The third-order valence-corrected chi connectivity index (χ3v) is 7.81. The molecule has 0 N–H and O–H groups in total. The Labute approximate surface area is 242 Å². The summed E-state index contributed by atoms with van der Waals surface area (Å²) < 4.78 is 12.5. The van der Waals surface area contributed by atoms with Gasteiger partial charge in [0.05, 0.1) is 0 Å². The fourth-order valence-corrected chi connectivity index (χ4v) is 5.14. The Morgan fingerprint density at radius 1 is 0.459 bits per heavy atom. The average molecular weight is 588 g/mol. The van der Waals surface area contributed by atoms with Crippen molar-refractivity contribution in [3.63, 3.8) is 0 Å². The van der Waals surface area contributed by atoms with Crippen LogP contribution < -0.4 is 0 Å². The van der Waals surface area contributed by atoms with Gasteiger partial charge in [-0.2, -0.15) is 0 Å². The lowest BCUT2D eigenvalue weighted by atomic mass is 10.1. The van der Waals surface area contributed by atoms with Crippen LogP contribution >= 0.6 is 15.9 Å². The van der Waals surface area contributed by atoms with E-state index in [2.05, 4.69) is 41.9 Å². The zero-order valence-corrected chi connectivity index (χ0v) is 27.0. The number of halogens is 1. The van der Waals surface area contributed by atoms with E-state index in [-0.39, 0.29) is 6.29 Å². The van der Waals surface area contributed by atoms with Gasteiger partial charge in [0.2, 0.25) is 0 Å². The van der Waals surface area contributed by atoms with Gasteiger partial charge < -0.3 is 9.47 Å². The van der Waals surface area contributed by atoms with Gasteiger partial charge in [0.1, 0.15) is 0 Å². The predicted molar refractivity (Wildman–Crippen MR) is 170 cm³/mol. The molecule has 0 fully saturated rings. The topological polar surface area (TPSA) is 18.5 Å². The quantitative estimate of drug-likeness (QED) is 0.0337. The molecule has 0 aliphatic heterocycles. The first-order chi connectivity index (χ1) is 18.3. The Morgan fingerprint density at radius 3 is 1.30 bits per heavy atom. The molecule has 0 aromatic rings. The van der Waals surface area contributed by atoms with Crippen LogP contribution in [-0.2, 0) is 9.47 Å². The third kappa shape index (κ3) is 32.3. The van der Waals surface area contributed by atoms with E-state index in [9.17, 15) is 0 Å². The summed E-state index contributed by atoms with van der Waals surface area (Å²) >= 11 is 3.47. The molecule has 0 spiro atoms. The highest BCUT2D eigenvalue weighted by molar-refractivity contribution is 9.09. The van der Waals surface area contributed by atoms with E-state index >= 15 is 0 Å². The van der Waals surface area contributed by atoms with Gasteiger partial charge in [0.15, 0.2) is 6.29 Å². The van der Waals surface area contributed by atoms with E-state index < -0.39 is 0 Å². The summed E-state index contributed by atoms with van der Waals surface area (Å²) in [5, 5.41) is 1.08. The Morgan fingerprint density at radius 2 is 0.838 bits per heavy atom. The van der Waals surface area contributed by atoms with Gasteiger partial charge in [-0.05, 0) is 44.9 Å². The molecule has 0 unspecified atom stereocenters. The molecule has 0 aromatic carbocycles. The SMILES string of the molecule is CCCCCCCCCCOC(CCCCCCCCC/C=C\CCBr)OCCCCCCCCCC. The van der Waals surface area contributed by atoms with Crippen LogP contribution in [0.4, 0.5) is 0 Å². The van der Waals surface area contributed by atoms with E-state index in [1.807, 2.05) is 0 Å². The summed E-state index contributed by atoms with van der Waals surface area (Å²) in [6, 6.07) is 0. The fraction of sp³-hybridized carbons (Fsp3) is 0.941. The van der Waals surface area contributed by atoms with Crippen LogP contribution in [0.3, 0.4) is 0 Å². The van der Waals surface area contributed by atoms with Crippen molar-refractivity contribution in [2.75, 3.05) is 18.5 Å². The number of hydrogen-bond donors (Lipinski definition) is 0. The van der Waals surface area contributed by atoms with Crippen LogP contribution in [0.25, 0.3) is 0 Å². The Balaban J connectivity index is 3.88. The molecule has 0 atom stereocenters. The first kappa shape index (κ1) is 37.1. The molecule has 2 nitrogen and oxygen atoms in total. The van der Waals surface area contributed by atoms with Gasteiger partial charge in [0, 0.05) is 18.5 Å². The van der Waals surface area contributed by atoms with Crippen LogP contribution in [0.2, 0.25) is 0 Å². The van der Waals surface area contributed by atoms with Gasteiger partial charge in [-0.1, -0.05) is 164 Å². The lowest BCUT2D eigenvalue weighted by Crippen LogP contribution is -2.19. The van der Waals surface area contributed by atoms with E-state index in [1.54, 1.807) is 0 Å². The van der Waals surface area contributed by atoms with Crippen LogP contribution in [0.15, 0.2) is 12.2 Å². The minimum absolute atomic E-state index is 0.0282. The van der Waals surface area contributed by atoms with Crippen LogP contribution in [-0.4, -0.2) is 24.8 Å². The highest BCUT2D eigenvalue weighted by atomic mass is 79.9. The van der Waals surface area contributed by atoms with Gasteiger partial charge in [0.25, 0.3) is 0 Å². The lowest BCUT2D eigenvalue weighted by Gasteiger charge is -2.19. The standard InChI is InChI=1S/C34H67BrO2/c1-3-5-7-9-11-20-24-28-32-36-34(37-33-29-25-21-12-10-8-6-4-2)30-26-22-18-16-14-13-15-17-19-23-27-31-35/h19,23,34H,3-18,20-22,24-33H2,1-2H3/b23-19-. The molecule has 0 rings (SSSR count). The van der Waals surface area contributed by atoms with Crippen LogP contribution in [0.1, 0.15) is 181 Å². The summed E-state index contributed by atoms with van der Waals surface area (Å²) in [6.07, 6.45) is 39.2. The molecule has 222 valence electrons. The molecule has 0 heterocycles. The third-order valence-electron chi connectivity index (χ3n) is 7.36. The summed E-state index contributed by atoms with van der Waals surface area (Å²) in [4.78, 5) is 0. The molecule has 0 aliphatic carbocycles. The van der Waals surface area contributed by atoms with Crippen molar-refractivity contribution in [3.05, 3.63) is 12.2 Å². The molecular weight excluding hydrogens is 520 g/mol. The second-order valence-corrected chi connectivity index (χ2v) is 11.9. The zero-order chi connectivity index (χ0) is 26.9.